The number of rotatable bonds is 6. The van der Waals surface area contributed by atoms with Gasteiger partial charge in [-0.25, -0.2) is 4.98 Å². The Bertz CT molecular complexity index is 439. The molecule has 1 unspecified atom stereocenters. The molecule has 0 aromatic carbocycles. The molecule has 0 fully saturated rings. The maximum absolute atomic E-state index is 12.5. The highest BCUT2D eigenvalue weighted by molar-refractivity contribution is 7.98. The summed E-state index contributed by atoms with van der Waals surface area (Å²) in [5, 5.41) is 0.383. The first-order valence-electron chi connectivity index (χ1n) is 6.46. The van der Waals surface area contributed by atoms with Crippen LogP contribution in [0.1, 0.15) is 36.3 Å². The van der Waals surface area contributed by atoms with Gasteiger partial charge in [-0.15, -0.1) is 0 Å². The van der Waals surface area contributed by atoms with Gasteiger partial charge >= 0.3 is 0 Å². The summed E-state index contributed by atoms with van der Waals surface area (Å²) >= 11 is 7.72. The highest BCUT2D eigenvalue weighted by Crippen LogP contribution is 2.16. The summed E-state index contributed by atoms with van der Waals surface area (Å²) in [6, 6.07) is 3.72. The summed E-state index contributed by atoms with van der Waals surface area (Å²) in [7, 11) is 1.85. The topological polar surface area (TPSA) is 33.2 Å². The fourth-order valence-electron chi connectivity index (χ4n) is 1.92. The lowest BCUT2D eigenvalue weighted by Gasteiger charge is -2.27. The molecule has 1 heterocycles. The van der Waals surface area contributed by atoms with Gasteiger partial charge < -0.3 is 4.90 Å². The third-order valence-electron chi connectivity index (χ3n) is 3.15. The van der Waals surface area contributed by atoms with Gasteiger partial charge in [0.2, 0.25) is 0 Å². The largest absolute Gasteiger partial charge is 0.338 e. The number of thioether (sulfide) groups is 1. The van der Waals surface area contributed by atoms with Gasteiger partial charge in [-0.05, 0) is 31.2 Å². The smallest absolute Gasteiger partial charge is 0.254 e. The third kappa shape index (κ3) is 4.39. The SMILES string of the molecule is CCc1cc(C(=O)N(C)C(CC)CSC)cc(Cl)n1. The molecule has 19 heavy (non-hydrogen) atoms. The molecule has 0 aliphatic heterocycles. The Hall–Kier alpha value is -0.740. The third-order valence-corrected chi connectivity index (χ3v) is 4.07. The Morgan fingerprint density at radius 3 is 2.68 bits per heavy atom. The molecule has 0 aliphatic carbocycles. The Kier molecular flexibility index (Phi) is 6.66. The number of carbonyl (C=O) groups excluding carboxylic acids is 1. The number of halogens is 1. The molecule has 3 nitrogen and oxygen atoms in total. The summed E-state index contributed by atoms with van der Waals surface area (Å²) in [5.74, 6) is 0.956. The predicted octanol–water partition coefficient (Wildman–Crippen LogP) is 3.51. The molecule has 1 atom stereocenters. The monoisotopic (exact) mass is 300 g/mol. The highest BCUT2D eigenvalue weighted by atomic mass is 35.5. The van der Waals surface area contributed by atoms with Crippen LogP contribution >= 0.6 is 23.4 Å². The maximum atomic E-state index is 12.5. The zero-order chi connectivity index (χ0) is 14.4. The van der Waals surface area contributed by atoms with Crippen LogP contribution in [-0.4, -0.2) is 40.9 Å². The second-order valence-electron chi connectivity index (χ2n) is 4.46. The van der Waals surface area contributed by atoms with E-state index >= 15 is 0 Å². The molecule has 1 amide bonds. The Morgan fingerprint density at radius 1 is 1.47 bits per heavy atom. The van der Waals surface area contributed by atoms with Gasteiger partial charge in [-0.2, -0.15) is 11.8 Å². The van der Waals surface area contributed by atoms with Gasteiger partial charge in [0, 0.05) is 30.1 Å². The maximum Gasteiger partial charge on any atom is 0.254 e. The van der Waals surface area contributed by atoms with Gasteiger partial charge in [0.05, 0.1) is 0 Å². The second kappa shape index (κ2) is 7.75. The van der Waals surface area contributed by atoms with Crippen molar-refractivity contribution >= 4 is 29.3 Å². The molecule has 0 saturated carbocycles. The highest BCUT2D eigenvalue weighted by Gasteiger charge is 2.20. The quantitative estimate of drug-likeness (QED) is 0.754. The van der Waals surface area contributed by atoms with E-state index in [9.17, 15) is 4.79 Å². The number of hydrogen-bond donors (Lipinski definition) is 0. The number of hydrogen-bond acceptors (Lipinski definition) is 3. The van der Waals surface area contributed by atoms with Crippen LogP contribution in [0.15, 0.2) is 12.1 Å². The van der Waals surface area contributed by atoms with Crippen molar-refractivity contribution in [2.45, 2.75) is 32.7 Å². The van der Waals surface area contributed by atoms with E-state index in [4.69, 9.17) is 11.6 Å². The zero-order valence-corrected chi connectivity index (χ0v) is 13.5. The summed E-state index contributed by atoms with van der Waals surface area (Å²) in [5.41, 5.74) is 1.47. The van der Waals surface area contributed by atoms with Crippen molar-refractivity contribution in [3.05, 3.63) is 28.5 Å². The van der Waals surface area contributed by atoms with E-state index in [0.717, 1.165) is 24.3 Å². The van der Waals surface area contributed by atoms with Gasteiger partial charge in [-0.3, -0.25) is 4.79 Å². The van der Waals surface area contributed by atoms with Crippen LogP contribution in [0.2, 0.25) is 5.15 Å². The van der Waals surface area contributed by atoms with Crippen LogP contribution < -0.4 is 0 Å². The lowest BCUT2D eigenvalue weighted by atomic mass is 10.1. The minimum Gasteiger partial charge on any atom is -0.338 e. The normalized spacial score (nSPS) is 12.3. The molecular weight excluding hydrogens is 280 g/mol. The molecule has 0 radical (unpaired) electrons. The predicted molar refractivity (Wildman–Crippen MR) is 83.2 cm³/mol. The van der Waals surface area contributed by atoms with Gasteiger partial charge in [0.15, 0.2) is 0 Å². The second-order valence-corrected chi connectivity index (χ2v) is 5.75. The van der Waals surface area contributed by atoms with Crippen molar-refractivity contribution < 1.29 is 4.79 Å². The summed E-state index contributed by atoms with van der Waals surface area (Å²) in [6.45, 7) is 4.10. The van der Waals surface area contributed by atoms with Crippen LogP contribution in [0.25, 0.3) is 0 Å². The average molecular weight is 301 g/mol. The minimum absolute atomic E-state index is 0.0138. The molecule has 0 saturated heterocycles. The Morgan fingerprint density at radius 2 is 2.16 bits per heavy atom. The lowest BCUT2D eigenvalue weighted by Crippen LogP contribution is -2.38. The van der Waals surface area contributed by atoms with E-state index in [2.05, 4.69) is 18.2 Å². The summed E-state index contributed by atoms with van der Waals surface area (Å²) in [6.07, 6.45) is 3.77. The fraction of sp³-hybridized carbons (Fsp3) is 0.571. The van der Waals surface area contributed by atoms with Gasteiger partial charge in [0.25, 0.3) is 5.91 Å². The van der Waals surface area contributed by atoms with Gasteiger partial charge in [-0.1, -0.05) is 25.4 Å². The van der Waals surface area contributed by atoms with E-state index in [-0.39, 0.29) is 11.9 Å². The first-order chi connectivity index (χ1) is 9.03. The fourth-order valence-corrected chi connectivity index (χ4v) is 2.99. The average Bonchev–Trinajstić information content (AvgIpc) is 2.42. The van der Waals surface area contributed by atoms with Crippen molar-refractivity contribution in [3.63, 3.8) is 0 Å². The van der Waals surface area contributed by atoms with Crippen LogP contribution in [0.5, 0.6) is 0 Å². The van der Waals surface area contributed by atoms with Crippen molar-refractivity contribution in [1.82, 2.24) is 9.88 Å². The first-order valence-corrected chi connectivity index (χ1v) is 8.23. The van der Waals surface area contributed by atoms with Crippen LogP contribution in [0, 0.1) is 0 Å². The number of aromatic nitrogens is 1. The molecule has 5 heteroatoms. The molecule has 0 aliphatic rings. The van der Waals surface area contributed by atoms with Crippen LogP contribution in [-0.2, 0) is 6.42 Å². The van der Waals surface area contributed by atoms with Crippen molar-refractivity contribution in [2.24, 2.45) is 0 Å². The van der Waals surface area contributed by atoms with E-state index in [1.807, 2.05) is 24.9 Å². The number of amides is 1. The number of aryl methyl sites for hydroxylation is 1. The Labute approximate surface area is 124 Å². The molecule has 1 rings (SSSR count). The van der Waals surface area contributed by atoms with E-state index in [1.54, 1.807) is 17.8 Å². The molecular formula is C14H21ClN2OS. The zero-order valence-electron chi connectivity index (χ0n) is 11.9. The van der Waals surface area contributed by atoms with Crippen molar-refractivity contribution in [2.75, 3.05) is 19.1 Å². The number of carbonyl (C=O) groups is 1. The standard InChI is InChI=1S/C14H21ClN2OS/c1-5-11-7-10(8-13(15)16-11)14(18)17(3)12(6-2)9-19-4/h7-8,12H,5-6,9H2,1-4H3. The molecule has 106 valence electrons. The molecule has 0 bridgehead atoms. The van der Waals surface area contributed by atoms with Gasteiger partial charge in [0.1, 0.15) is 5.15 Å². The molecule has 0 N–H and O–H groups in total. The lowest BCUT2D eigenvalue weighted by molar-refractivity contribution is 0.0743. The van der Waals surface area contributed by atoms with E-state index < -0.39 is 0 Å². The van der Waals surface area contributed by atoms with Crippen LogP contribution in [0.4, 0.5) is 0 Å². The first kappa shape index (κ1) is 16.3. The number of pyridine rings is 1. The Balaban J connectivity index is 2.95. The van der Waals surface area contributed by atoms with E-state index in [0.29, 0.717) is 10.7 Å². The summed E-state index contributed by atoms with van der Waals surface area (Å²) in [4.78, 5) is 18.5. The van der Waals surface area contributed by atoms with E-state index in [1.165, 1.54) is 0 Å². The number of nitrogens with zero attached hydrogens (tertiary/aromatic N) is 2. The summed E-state index contributed by atoms with van der Waals surface area (Å²) < 4.78 is 0. The van der Waals surface area contributed by atoms with Crippen molar-refractivity contribution in [3.8, 4) is 0 Å². The molecule has 1 aromatic heterocycles. The van der Waals surface area contributed by atoms with Crippen LogP contribution in [0.3, 0.4) is 0 Å². The molecule has 0 spiro atoms. The minimum atomic E-state index is 0.0138. The molecule has 1 aromatic rings. The van der Waals surface area contributed by atoms with Crippen molar-refractivity contribution in [1.29, 1.82) is 0 Å².